The van der Waals surface area contributed by atoms with Gasteiger partial charge in [0.25, 0.3) is 11.8 Å². The van der Waals surface area contributed by atoms with Gasteiger partial charge in [-0.15, -0.1) is 0 Å². The second-order valence-electron chi connectivity index (χ2n) is 7.40. The number of Topliss-reactive ketones (excluding diaryl/α,β-unsaturated/α-hetero) is 1. The molecule has 0 radical (unpaired) electrons. The second kappa shape index (κ2) is 7.22. The van der Waals surface area contributed by atoms with Gasteiger partial charge in [-0.25, -0.2) is 0 Å². The highest BCUT2D eigenvalue weighted by Crippen LogP contribution is 2.51. The molecule has 3 aromatic rings. The number of rotatable bonds is 3. The number of nitrogens with zero attached hydrogens (tertiary/aromatic N) is 1. The zero-order chi connectivity index (χ0) is 22.6. The predicted octanol–water partition coefficient (Wildman–Crippen LogP) is 4.69. The minimum atomic E-state index is -1.91. The maximum absolute atomic E-state index is 14.0. The Morgan fingerprint density at radius 2 is 1.62 bits per heavy atom. The lowest BCUT2D eigenvalue weighted by Gasteiger charge is -2.26. The van der Waals surface area contributed by atoms with E-state index in [-0.39, 0.29) is 11.1 Å². The third-order valence-corrected chi connectivity index (χ3v) is 6.06. The minimum Gasteiger partial charge on any atom is -0.503 e. The van der Waals surface area contributed by atoms with Crippen molar-refractivity contribution in [1.29, 1.82) is 0 Å². The van der Waals surface area contributed by atoms with Crippen LogP contribution in [-0.2, 0) is 15.1 Å². The number of carbonyl (C=O) groups excluding carboxylic acids is 3. The smallest absolute Gasteiger partial charge is 0.288 e. The molecule has 2 amide bonds. The van der Waals surface area contributed by atoms with Gasteiger partial charge >= 0.3 is 0 Å². The summed E-state index contributed by atoms with van der Waals surface area (Å²) < 4.78 is 0. The van der Waals surface area contributed by atoms with E-state index in [1.165, 1.54) is 4.90 Å². The third-order valence-electron chi connectivity index (χ3n) is 5.59. The molecule has 2 aliphatic rings. The Balaban J connectivity index is 1.78. The van der Waals surface area contributed by atoms with Crippen molar-refractivity contribution in [2.75, 3.05) is 4.90 Å². The summed E-state index contributed by atoms with van der Waals surface area (Å²) in [4.78, 5) is 41.4. The number of benzene rings is 3. The van der Waals surface area contributed by atoms with Gasteiger partial charge in [-0.3, -0.25) is 19.3 Å². The number of aliphatic hydroxyl groups is 1. The second-order valence-corrected chi connectivity index (χ2v) is 8.28. The monoisotopic (exact) mass is 464 g/mol. The fraction of sp³-hybridized carbons (Fsp3) is 0.0417. The van der Waals surface area contributed by atoms with Gasteiger partial charge in [0.1, 0.15) is 0 Å². The molecule has 1 spiro atoms. The lowest BCUT2D eigenvalue weighted by atomic mass is 9.81. The molecule has 2 heterocycles. The van der Waals surface area contributed by atoms with Crippen molar-refractivity contribution in [2.24, 2.45) is 0 Å². The van der Waals surface area contributed by atoms with Gasteiger partial charge in [-0.1, -0.05) is 65.7 Å². The number of anilines is 2. The maximum Gasteiger partial charge on any atom is 0.288 e. The number of nitrogens with one attached hydrogen (secondary N) is 1. The lowest BCUT2D eigenvalue weighted by Crippen LogP contribution is -2.50. The van der Waals surface area contributed by atoms with E-state index < -0.39 is 28.9 Å². The first-order chi connectivity index (χ1) is 15.3. The highest BCUT2D eigenvalue weighted by molar-refractivity contribution is 6.33. The van der Waals surface area contributed by atoms with Crippen LogP contribution in [0.25, 0.3) is 0 Å². The molecule has 3 aromatic carbocycles. The van der Waals surface area contributed by atoms with E-state index >= 15 is 0 Å². The van der Waals surface area contributed by atoms with Crippen LogP contribution in [0.1, 0.15) is 15.9 Å². The molecular weight excluding hydrogens is 451 g/mol. The van der Waals surface area contributed by atoms with Gasteiger partial charge in [-0.2, -0.15) is 0 Å². The molecular formula is C24H14Cl2N2O4. The van der Waals surface area contributed by atoms with Crippen molar-refractivity contribution in [1.82, 2.24) is 5.32 Å². The lowest BCUT2D eigenvalue weighted by molar-refractivity contribution is -0.127. The van der Waals surface area contributed by atoms with E-state index in [1.807, 2.05) is 0 Å². The zero-order valence-electron chi connectivity index (χ0n) is 16.3. The number of hydrogen-bond acceptors (Lipinski definition) is 4. The number of halogens is 2. The highest BCUT2D eigenvalue weighted by Gasteiger charge is 2.62. The first-order valence-corrected chi connectivity index (χ1v) is 10.4. The SMILES string of the molecule is O=C1NC2(C(=O)N(c3cccc(Cl)c3)c3cc(Cl)ccc32)C(C(=O)c2ccccc2)=C1O. The van der Waals surface area contributed by atoms with Crippen molar-refractivity contribution in [3.63, 3.8) is 0 Å². The van der Waals surface area contributed by atoms with Crippen LogP contribution in [0.3, 0.4) is 0 Å². The first kappa shape index (κ1) is 20.3. The number of aliphatic hydroxyl groups excluding tert-OH is 1. The van der Waals surface area contributed by atoms with Crippen LogP contribution >= 0.6 is 23.2 Å². The Labute approximate surface area is 192 Å². The molecule has 0 aromatic heterocycles. The van der Waals surface area contributed by atoms with E-state index in [1.54, 1.807) is 72.8 Å². The fourth-order valence-electron chi connectivity index (χ4n) is 4.23. The molecule has 0 saturated carbocycles. The van der Waals surface area contributed by atoms with Crippen LogP contribution in [0, 0.1) is 0 Å². The van der Waals surface area contributed by atoms with E-state index in [0.29, 0.717) is 27.0 Å². The highest BCUT2D eigenvalue weighted by atomic mass is 35.5. The van der Waals surface area contributed by atoms with Crippen molar-refractivity contribution >= 4 is 52.2 Å². The summed E-state index contributed by atoms with van der Waals surface area (Å²) in [6, 6.07) is 19.4. The van der Waals surface area contributed by atoms with Crippen molar-refractivity contribution in [2.45, 2.75) is 5.54 Å². The maximum atomic E-state index is 14.0. The van der Waals surface area contributed by atoms with Gasteiger partial charge in [-0.05, 0) is 30.3 Å². The topological polar surface area (TPSA) is 86.7 Å². The van der Waals surface area contributed by atoms with Crippen LogP contribution in [0.15, 0.2) is 84.1 Å². The molecule has 0 saturated heterocycles. The quantitative estimate of drug-likeness (QED) is 0.550. The Morgan fingerprint density at radius 3 is 2.34 bits per heavy atom. The molecule has 0 aliphatic carbocycles. The predicted molar refractivity (Wildman–Crippen MR) is 120 cm³/mol. The van der Waals surface area contributed by atoms with Crippen LogP contribution < -0.4 is 10.2 Å². The van der Waals surface area contributed by atoms with Gasteiger partial charge in [0.05, 0.1) is 16.9 Å². The standard InChI is InChI=1S/C24H14Cl2N2O4/c25-14-7-4-8-16(11-14)28-18-12-15(26)9-10-17(18)24(23(28)32)19(21(30)22(31)27-24)20(29)13-5-2-1-3-6-13/h1-12,30H,(H,27,31). The summed E-state index contributed by atoms with van der Waals surface area (Å²) in [5.74, 6) is -2.97. The number of hydrogen-bond donors (Lipinski definition) is 2. The minimum absolute atomic E-state index is 0.231. The average molecular weight is 465 g/mol. The third kappa shape index (κ3) is 2.77. The molecule has 158 valence electrons. The van der Waals surface area contributed by atoms with E-state index in [4.69, 9.17) is 23.2 Å². The largest absolute Gasteiger partial charge is 0.503 e. The number of amides is 2. The summed E-state index contributed by atoms with van der Waals surface area (Å²) in [5, 5.41) is 14.0. The van der Waals surface area contributed by atoms with Gasteiger partial charge in [0, 0.05) is 21.2 Å². The summed E-state index contributed by atoms with van der Waals surface area (Å²) in [6.07, 6.45) is 0. The van der Waals surface area contributed by atoms with Crippen LogP contribution in [0.5, 0.6) is 0 Å². The molecule has 0 bridgehead atoms. The summed E-state index contributed by atoms with van der Waals surface area (Å²) >= 11 is 12.4. The summed E-state index contributed by atoms with van der Waals surface area (Å²) in [7, 11) is 0. The Bertz CT molecular complexity index is 1350. The molecule has 6 nitrogen and oxygen atoms in total. The Morgan fingerprint density at radius 1 is 0.906 bits per heavy atom. The molecule has 5 rings (SSSR count). The van der Waals surface area contributed by atoms with Gasteiger partial charge in [0.15, 0.2) is 17.1 Å². The number of ketones is 1. The van der Waals surface area contributed by atoms with E-state index in [2.05, 4.69) is 5.32 Å². The Hall–Kier alpha value is -3.61. The van der Waals surface area contributed by atoms with Crippen molar-refractivity contribution in [3.8, 4) is 0 Å². The molecule has 32 heavy (non-hydrogen) atoms. The average Bonchev–Trinajstić information content (AvgIpc) is 3.18. The summed E-state index contributed by atoms with van der Waals surface area (Å²) in [6.45, 7) is 0. The van der Waals surface area contributed by atoms with Crippen molar-refractivity contribution < 1.29 is 19.5 Å². The Kier molecular flexibility index (Phi) is 4.58. The number of carbonyl (C=O) groups is 3. The van der Waals surface area contributed by atoms with Gasteiger partial charge < -0.3 is 10.4 Å². The number of fused-ring (bicyclic) bond motifs is 2. The van der Waals surface area contributed by atoms with Crippen LogP contribution in [0.4, 0.5) is 11.4 Å². The molecule has 1 unspecified atom stereocenters. The summed E-state index contributed by atoms with van der Waals surface area (Å²) in [5.41, 5.74) is -0.881. The van der Waals surface area contributed by atoms with Crippen LogP contribution in [-0.4, -0.2) is 22.7 Å². The fourth-order valence-corrected chi connectivity index (χ4v) is 4.58. The molecule has 1 atom stereocenters. The molecule has 0 fully saturated rings. The van der Waals surface area contributed by atoms with Gasteiger partial charge in [0.2, 0.25) is 0 Å². The molecule has 2 aliphatic heterocycles. The normalized spacial score (nSPS) is 19.5. The zero-order valence-corrected chi connectivity index (χ0v) is 17.8. The van der Waals surface area contributed by atoms with E-state index in [9.17, 15) is 19.5 Å². The van der Waals surface area contributed by atoms with E-state index in [0.717, 1.165) is 0 Å². The van der Waals surface area contributed by atoms with Crippen molar-refractivity contribution in [3.05, 3.63) is 105 Å². The van der Waals surface area contributed by atoms with Crippen LogP contribution in [0.2, 0.25) is 10.0 Å². The molecule has 8 heteroatoms. The molecule has 2 N–H and O–H groups in total. The first-order valence-electron chi connectivity index (χ1n) is 9.60.